The highest BCUT2D eigenvalue weighted by Crippen LogP contribution is 1.88. The van der Waals surface area contributed by atoms with Gasteiger partial charge in [-0.3, -0.25) is 0 Å². The lowest BCUT2D eigenvalue weighted by Gasteiger charge is -1.79. The van der Waals surface area contributed by atoms with Gasteiger partial charge < -0.3 is 0 Å². The minimum Gasteiger partial charge on any atom is -0.0776 e. The molecular formula is C13H36. The predicted molar refractivity (Wildman–Crippen MR) is 70.6 cm³/mol. The van der Waals surface area contributed by atoms with Gasteiger partial charge in [0, 0.05) is 0 Å². The van der Waals surface area contributed by atoms with Gasteiger partial charge in [0.15, 0.2) is 0 Å². The Balaban J connectivity index is -0.0000000235. The van der Waals surface area contributed by atoms with E-state index in [-0.39, 0.29) is 7.43 Å². The van der Waals surface area contributed by atoms with Crippen LogP contribution in [-0.2, 0) is 0 Å². The maximum atomic E-state index is 2.21. The summed E-state index contributed by atoms with van der Waals surface area (Å²) in [6.07, 6.45) is 5.33. The van der Waals surface area contributed by atoms with Crippen molar-refractivity contribution in [3.05, 3.63) is 0 Å². The fourth-order valence-corrected chi connectivity index (χ4v) is 0.354. The molecule has 0 aromatic rings. The molecule has 0 radical (unpaired) electrons. The third kappa shape index (κ3) is 300. The molecule has 0 amide bonds. The Morgan fingerprint density at radius 1 is 0.615 bits per heavy atom. The molecule has 0 saturated heterocycles. The van der Waals surface area contributed by atoms with E-state index in [1.807, 2.05) is 27.7 Å². The molecule has 0 fully saturated rings. The van der Waals surface area contributed by atoms with Crippen molar-refractivity contribution in [2.24, 2.45) is 0 Å². The smallest absolute Gasteiger partial charge is 0.0538 e. The van der Waals surface area contributed by atoms with Gasteiger partial charge in [-0.05, 0) is 0 Å². The zero-order valence-corrected chi connectivity index (χ0v) is 10.8. The molecule has 0 aromatic carbocycles. The summed E-state index contributed by atoms with van der Waals surface area (Å²) in [5.41, 5.74) is 0. The molecule has 0 aromatic heterocycles. The lowest BCUT2D eigenvalue weighted by molar-refractivity contribution is 0.772. The Hall–Kier alpha value is 0. The van der Waals surface area contributed by atoms with Crippen molar-refractivity contribution in [3.63, 3.8) is 0 Å². The molecule has 0 atom stereocenters. The van der Waals surface area contributed by atoms with Crippen LogP contribution in [0.2, 0.25) is 0 Å². The highest BCUT2D eigenvalue weighted by atomic mass is 13.7. The quantitative estimate of drug-likeness (QED) is 0.481. The molecule has 0 spiro atoms. The predicted octanol–water partition coefficient (Wildman–Crippen LogP) is 6.30. The first kappa shape index (κ1) is 29.2. The fourth-order valence-electron chi connectivity index (χ4n) is 0.354. The van der Waals surface area contributed by atoms with Crippen LogP contribution in [0.3, 0.4) is 0 Å². The van der Waals surface area contributed by atoms with Crippen molar-refractivity contribution < 1.29 is 0 Å². The van der Waals surface area contributed by atoms with Crippen molar-refractivity contribution in [1.29, 1.82) is 0 Å². The summed E-state index contributed by atoms with van der Waals surface area (Å²) in [4.78, 5) is 0. The standard InChI is InChI=1S/C5H12.C3H8.2C2H6.CH4/c1-3-5-4-2;1-3-2;2*1-2;/h3-5H2,1-2H3;3H2,1-2H3;2*1-2H3;1H4. The number of hydrogen-bond donors (Lipinski definition) is 0. The summed E-state index contributed by atoms with van der Waals surface area (Å²) in [6, 6.07) is 0. The van der Waals surface area contributed by atoms with Gasteiger partial charge in [-0.15, -0.1) is 0 Å². The van der Waals surface area contributed by atoms with Gasteiger partial charge in [0.25, 0.3) is 0 Å². The Morgan fingerprint density at radius 2 is 0.769 bits per heavy atom. The molecule has 0 rings (SSSR count). The first-order valence-corrected chi connectivity index (χ1v) is 5.83. The van der Waals surface area contributed by atoms with Crippen LogP contribution < -0.4 is 0 Å². The topological polar surface area (TPSA) is 0 Å². The van der Waals surface area contributed by atoms with E-state index in [0.29, 0.717) is 0 Å². The second-order valence-corrected chi connectivity index (χ2v) is 2.06. The summed E-state index contributed by atoms with van der Waals surface area (Å²) >= 11 is 0. The highest BCUT2D eigenvalue weighted by molar-refractivity contribution is 4.24. The first-order valence-electron chi connectivity index (χ1n) is 5.83. The molecule has 13 heavy (non-hydrogen) atoms. The van der Waals surface area contributed by atoms with Crippen LogP contribution in [0.25, 0.3) is 0 Å². The van der Waals surface area contributed by atoms with E-state index in [2.05, 4.69) is 27.7 Å². The van der Waals surface area contributed by atoms with Gasteiger partial charge in [-0.1, -0.05) is 88.5 Å². The first-order chi connectivity index (χ1) is 5.83. The van der Waals surface area contributed by atoms with Gasteiger partial charge in [0.2, 0.25) is 0 Å². The molecule has 0 nitrogen and oxygen atoms in total. The Labute approximate surface area is 89.1 Å². The third-order valence-electron chi connectivity index (χ3n) is 0.707. The highest BCUT2D eigenvalue weighted by Gasteiger charge is 1.68. The molecule has 0 N–H and O–H groups in total. The van der Waals surface area contributed by atoms with Crippen LogP contribution in [0.5, 0.6) is 0 Å². The third-order valence-corrected chi connectivity index (χ3v) is 0.707. The fraction of sp³-hybridized carbons (Fsp3) is 1.00. The molecule has 0 heteroatoms. The van der Waals surface area contributed by atoms with Crippen molar-refractivity contribution in [2.75, 3.05) is 0 Å². The minimum atomic E-state index is 0. The van der Waals surface area contributed by atoms with Crippen LogP contribution in [0, 0.1) is 0 Å². The van der Waals surface area contributed by atoms with E-state index in [9.17, 15) is 0 Å². The summed E-state index contributed by atoms with van der Waals surface area (Å²) in [7, 11) is 0. The normalized spacial score (nSPS) is 5.54. The number of unbranched alkanes of at least 4 members (excludes halogenated alkanes) is 2. The van der Waals surface area contributed by atoms with Gasteiger partial charge >= 0.3 is 0 Å². The van der Waals surface area contributed by atoms with Crippen molar-refractivity contribution in [3.8, 4) is 0 Å². The number of rotatable bonds is 2. The maximum Gasteiger partial charge on any atom is -0.0538 e. The maximum absolute atomic E-state index is 2.21. The van der Waals surface area contributed by atoms with E-state index in [1.165, 1.54) is 25.7 Å². The lowest BCUT2D eigenvalue weighted by Crippen LogP contribution is -1.59. The molecule has 0 saturated carbocycles. The van der Waals surface area contributed by atoms with E-state index in [0.717, 1.165) is 0 Å². The monoisotopic (exact) mass is 192 g/mol. The van der Waals surface area contributed by atoms with Crippen molar-refractivity contribution in [1.82, 2.24) is 0 Å². The average molecular weight is 192 g/mol. The summed E-state index contributed by atoms with van der Waals surface area (Å²) in [5, 5.41) is 0. The zero-order valence-electron chi connectivity index (χ0n) is 10.8. The zero-order chi connectivity index (χ0) is 10.8. The van der Waals surface area contributed by atoms with E-state index >= 15 is 0 Å². The van der Waals surface area contributed by atoms with Crippen LogP contribution >= 0.6 is 0 Å². The van der Waals surface area contributed by atoms with E-state index < -0.39 is 0 Å². The van der Waals surface area contributed by atoms with Gasteiger partial charge in [0.05, 0.1) is 0 Å². The van der Waals surface area contributed by atoms with Gasteiger partial charge in [-0.2, -0.15) is 0 Å². The van der Waals surface area contributed by atoms with Crippen LogP contribution in [0.4, 0.5) is 0 Å². The largest absolute Gasteiger partial charge is 0.0776 e. The minimum absolute atomic E-state index is 0. The second-order valence-electron chi connectivity index (χ2n) is 2.06. The molecule has 0 aliphatic heterocycles. The molecular weight excluding hydrogens is 156 g/mol. The summed E-state index contributed by atoms with van der Waals surface area (Å²) in [6.45, 7) is 16.7. The summed E-state index contributed by atoms with van der Waals surface area (Å²) in [5.74, 6) is 0. The molecule has 0 aliphatic carbocycles. The lowest BCUT2D eigenvalue weighted by atomic mass is 10.3. The Kier molecular flexibility index (Phi) is 204. The molecule has 0 bridgehead atoms. The molecule has 0 unspecified atom stereocenters. The second kappa shape index (κ2) is 90.8. The van der Waals surface area contributed by atoms with Crippen LogP contribution in [0.15, 0.2) is 0 Å². The number of hydrogen-bond acceptors (Lipinski definition) is 0. The van der Waals surface area contributed by atoms with E-state index in [4.69, 9.17) is 0 Å². The summed E-state index contributed by atoms with van der Waals surface area (Å²) < 4.78 is 0. The Bertz CT molecular complexity index is 14.0. The van der Waals surface area contributed by atoms with Crippen molar-refractivity contribution >= 4 is 0 Å². The molecule has 0 aliphatic rings. The SMILES string of the molecule is C.CC.CC.CCC.CCCCC. The molecule has 88 valence electrons. The van der Waals surface area contributed by atoms with Crippen LogP contribution in [0.1, 0.15) is 88.5 Å². The average Bonchev–Trinajstić information content (AvgIpc) is 2.14. The molecule has 0 heterocycles. The Morgan fingerprint density at radius 3 is 0.769 bits per heavy atom. The van der Waals surface area contributed by atoms with Crippen LogP contribution in [-0.4, -0.2) is 0 Å². The van der Waals surface area contributed by atoms with Gasteiger partial charge in [0.1, 0.15) is 0 Å². The van der Waals surface area contributed by atoms with E-state index in [1.54, 1.807) is 0 Å². The van der Waals surface area contributed by atoms with Crippen molar-refractivity contribution in [2.45, 2.75) is 88.5 Å². The van der Waals surface area contributed by atoms with Gasteiger partial charge in [-0.25, -0.2) is 0 Å².